The molecule has 0 aliphatic carbocycles. The van der Waals surface area contributed by atoms with Gasteiger partial charge in [-0.25, -0.2) is 0 Å². The van der Waals surface area contributed by atoms with Gasteiger partial charge in [0.15, 0.2) is 0 Å². The van der Waals surface area contributed by atoms with Crippen LogP contribution in [0.15, 0.2) is 47.7 Å². The summed E-state index contributed by atoms with van der Waals surface area (Å²) in [6, 6.07) is 6.95. The molecule has 1 amide bonds. The van der Waals surface area contributed by atoms with Gasteiger partial charge in [-0.05, 0) is 36.6 Å². The number of carbonyl (C=O) groups is 1. The summed E-state index contributed by atoms with van der Waals surface area (Å²) in [7, 11) is 0. The first-order chi connectivity index (χ1) is 9.75. The highest BCUT2D eigenvalue weighted by Gasteiger charge is 2.30. The molecular formula is C15H15N3O2. The van der Waals surface area contributed by atoms with E-state index in [0.717, 1.165) is 24.9 Å². The molecule has 0 saturated carbocycles. The van der Waals surface area contributed by atoms with Crippen LogP contribution in [0.25, 0.3) is 0 Å². The summed E-state index contributed by atoms with van der Waals surface area (Å²) in [6.07, 6.45) is 6.90. The second kappa shape index (κ2) is 5.28. The van der Waals surface area contributed by atoms with Crippen molar-refractivity contribution in [2.75, 3.05) is 6.54 Å². The van der Waals surface area contributed by atoms with Gasteiger partial charge in [0.05, 0.1) is 6.04 Å². The Balaban J connectivity index is 1.89. The van der Waals surface area contributed by atoms with Gasteiger partial charge in [-0.3, -0.25) is 14.6 Å². The van der Waals surface area contributed by atoms with E-state index in [0.29, 0.717) is 5.56 Å². The number of H-pyrrole nitrogens is 1. The first-order valence-corrected chi connectivity index (χ1v) is 6.65. The third-order valence-corrected chi connectivity index (χ3v) is 3.63. The number of pyridine rings is 2. The van der Waals surface area contributed by atoms with Crippen molar-refractivity contribution in [3.8, 4) is 0 Å². The smallest absolute Gasteiger partial charge is 0.254 e. The minimum atomic E-state index is -0.254. The molecule has 2 aromatic rings. The van der Waals surface area contributed by atoms with Gasteiger partial charge in [0.1, 0.15) is 0 Å². The Morgan fingerprint density at radius 1 is 1.30 bits per heavy atom. The van der Waals surface area contributed by atoms with Crippen molar-refractivity contribution >= 4 is 5.91 Å². The van der Waals surface area contributed by atoms with Crippen LogP contribution in [0, 0.1) is 0 Å². The van der Waals surface area contributed by atoms with Gasteiger partial charge in [0, 0.05) is 36.8 Å². The SMILES string of the molecule is O=C(c1cc[nH]c(=O)c1)N1CCCC1c1ccncc1. The lowest BCUT2D eigenvalue weighted by molar-refractivity contribution is 0.0735. The zero-order valence-corrected chi connectivity index (χ0v) is 11.0. The van der Waals surface area contributed by atoms with Gasteiger partial charge in [0.2, 0.25) is 5.56 Å². The number of hydrogen-bond donors (Lipinski definition) is 1. The zero-order valence-electron chi connectivity index (χ0n) is 11.0. The van der Waals surface area contributed by atoms with Crippen LogP contribution in [0.3, 0.4) is 0 Å². The Kier molecular flexibility index (Phi) is 3.33. The number of amides is 1. The summed E-state index contributed by atoms with van der Waals surface area (Å²) >= 11 is 0. The molecule has 1 saturated heterocycles. The van der Waals surface area contributed by atoms with E-state index in [-0.39, 0.29) is 17.5 Å². The number of nitrogens with zero attached hydrogens (tertiary/aromatic N) is 2. The number of nitrogens with one attached hydrogen (secondary N) is 1. The van der Waals surface area contributed by atoms with Crippen molar-refractivity contribution in [3.63, 3.8) is 0 Å². The van der Waals surface area contributed by atoms with Crippen LogP contribution in [0.1, 0.15) is 34.8 Å². The Morgan fingerprint density at radius 3 is 2.85 bits per heavy atom. The second-order valence-electron chi connectivity index (χ2n) is 4.88. The fraction of sp³-hybridized carbons (Fsp3) is 0.267. The fourth-order valence-corrected chi connectivity index (χ4v) is 2.69. The van der Waals surface area contributed by atoms with Crippen LogP contribution in [0.2, 0.25) is 0 Å². The van der Waals surface area contributed by atoms with Gasteiger partial charge < -0.3 is 9.88 Å². The van der Waals surface area contributed by atoms with Crippen molar-refractivity contribution < 1.29 is 4.79 Å². The van der Waals surface area contributed by atoms with Crippen molar-refractivity contribution in [2.45, 2.75) is 18.9 Å². The molecule has 1 aliphatic heterocycles. The van der Waals surface area contributed by atoms with Crippen LogP contribution in [-0.4, -0.2) is 27.3 Å². The maximum atomic E-state index is 12.5. The van der Waals surface area contributed by atoms with E-state index >= 15 is 0 Å². The van der Waals surface area contributed by atoms with Gasteiger partial charge in [-0.1, -0.05) is 0 Å². The highest BCUT2D eigenvalue weighted by molar-refractivity contribution is 5.94. The van der Waals surface area contributed by atoms with Crippen LogP contribution in [0.4, 0.5) is 0 Å². The van der Waals surface area contributed by atoms with E-state index in [1.54, 1.807) is 18.5 Å². The van der Waals surface area contributed by atoms with Crippen molar-refractivity contribution in [1.82, 2.24) is 14.9 Å². The monoisotopic (exact) mass is 269 g/mol. The Bertz CT molecular complexity index is 666. The number of carbonyl (C=O) groups excluding carboxylic acids is 1. The van der Waals surface area contributed by atoms with Gasteiger partial charge in [-0.2, -0.15) is 0 Å². The number of aromatic amines is 1. The average Bonchev–Trinajstić information content (AvgIpc) is 2.97. The zero-order chi connectivity index (χ0) is 13.9. The second-order valence-corrected chi connectivity index (χ2v) is 4.88. The molecular weight excluding hydrogens is 254 g/mol. The molecule has 1 N–H and O–H groups in total. The minimum absolute atomic E-state index is 0.0739. The molecule has 0 bridgehead atoms. The Labute approximate surface area is 116 Å². The quantitative estimate of drug-likeness (QED) is 0.903. The Hall–Kier alpha value is -2.43. The number of rotatable bonds is 2. The largest absolute Gasteiger partial charge is 0.332 e. The van der Waals surface area contributed by atoms with E-state index in [4.69, 9.17) is 0 Å². The minimum Gasteiger partial charge on any atom is -0.332 e. The molecule has 1 unspecified atom stereocenters. The molecule has 1 fully saturated rings. The molecule has 1 aliphatic rings. The topological polar surface area (TPSA) is 66.1 Å². The van der Waals surface area contributed by atoms with E-state index in [1.807, 2.05) is 17.0 Å². The van der Waals surface area contributed by atoms with Gasteiger partial charge in [0.25, 0.3) is 5.91 Å². The normalized spacial score (nSPS) is 18.2. The van der Waals surface area contributed by atoms with Gasteiger partial charge >= 0.3 is 0 Å². The summed E-state index contributed by atoms with van der Waals surface area (Å²) in [5, 5.41) is 0. The van der Waals surface area contributed by atoms with Crippen LogP contribution >= 0.6 is 0 Å². The average molecular weight is 269 g/mol. The molecule has 0 radical (unpaired) electrons. The molecule has 3 heterocycles. The van der Waals surface area contributed by atoms with Gasteiger partial charge in [-0.15, -0.1) is 0 Å². The summed E-state index contributed by atoms with van der Waals surface area (Å²) in [6.45, 7) is 0.721. The molecule has 5 nitrogen and oxygen atoms in total. The third-order valence-electron chi connectivity index (χ3n) is 3.63. The summed E-state index contributed by atoms with van der Waals surface area (Å²) < 4.78 is 0. The molecule has 20 heavy (non-hydrogen) atoms. The first kappa shape index (κ1) is 12.6. The lowest BCUT2D eigenvalue weighted by Crippen LogP contribution is -2.31. The summed E-state index contributed by atoms with van der Waals surface area (Å²) in [5.74, 6) is -0.0876. The standard InChI is InChI=1S/C15H15N3O2/c19-14-10-12(5-8-17-14)15(20)18-9-1-2-13(18)11-3-6-16-7-4-11/h3-8,10,13H,1-2,9H2,(H,17,19). The lowest BCUT2D eigenvalue weighted by atomic mass is 10.1. The Morgan fingerprint density at radius 2 is 2.10 bits per heavy atom. The van der Waals surface area contributed by atoms with Crippen molar-refractivity contribution in [1.29, 1.82) is 0 Å². The van der Waals surface area contributed by atoms with E-state index in [9.17, 15) is 9.59 Å². The van der Waals surface area contributed by atoms with Crippen LogP contribution in [0.5, 0.6) is 0 Å². The highest BCUT2D eigenvalue weighted by Crippen LogP contribution is 2.32. The molecule has 2 aromatic heterocycles. The lowest BCUT2D eigenvalue weighted by Gasteiger charge is -2.25. The predicted molar refractivity (Wildman–Crippen MR) is 74.3 cm³/mol. The van der Waals surface area contributed by atoms with E-state index in [2.05, 4.69) is 9.97 Å². The molecule has 1 atom stereocenters. The third kappa shape index (κ3) is 2.34. The number of likely N-dealkylation sites (tertiary alicyclic amines) is 1. The number of hydrogen-bond acceptors (Lipinski definition) is 3. The van der Waals surface area contributed by atoms with E-state index in [1.165, 1.54) is 12.3 Å². The summed E-state index contributed by atoms with van der Waals surface area (Å²) in [4.78, 5) is 32.2. The first-order valence-electron chi connectivity index (χ1n) is 6.65. The molecule has 102 valence electrons. The van der Waals surface area contributed by atoms with Crippen LogP contribution in [-0.2, 0) is 0 Å². The predicted octanol–water partition coefficient (Wildman–Crippen LogP) is 1.75. The molecule has 5 heteroatoms. The fourth-order valence-electron chi connectivity index (χ4n) is 2.69. The maximum Gasteiger partial charge on any atom is 0.254 e. The molecule has 0 spiro atoms. The summed E-state index contributed by atoms with van der Waals surface area (Å²) in [5.41, 5.74) is 1.28. The maximum absolute atomic E-state index is 12.5. The van der Waals surface area contributed by atoms with Crippen LogP contribution < -0.4 is 5.56 Å². The number of aromatic nitrogens is 2. The molecule has 0 aromatic carbocycles. The van der Waals surface area contributed by atoms with Crippen molar-refractivity contribution in [3.05, 3.63) is 64.3 Å². The highest BCUT2D eigenvalue weighted by atomic mass is 16.2. The van der Waals surface area contributed by atoms with Crippen molar-refractivity contribution in [2.24, 2.45) is 0 Å². The van der Waals surface area contributed by atoms with E-state index < -0.39 is 0 Å². The molecule has 3 rings (SSSR count).